The van der Waals surface area contributed by atoms with Crippen molar-refractivity contribution >= 4 is 54.1 Å². The van der Waals surface area contributed by atoms with Gasteiger partial charge < -0.3 is 38.1 Å². The van der Waals surface area contributed by atoms with Crippen LogP contribution in [0.15, 0.2) is 0 Å². The summed E-state index contributed by atoms with van der Waals surface area (Å²) in [6.07, 6.45) is 17.1. The SMILES string of the molecule is C=P(C)(C)OC1C(C)C(C)OC1C1CC1P(=C)(O)O.C=P(C)(C)OC1C(C)OC(C2CC2P(=C)(O)O)C1C. The number of rotatable bonds is 8. The molecule has 0 bridgehead atoms. The van der Waals surface area contributed by atoms with Gasteiger partial charge in [0.15, 0.2) is 0 Å². The first-order valence-electron chi connectivity index (χ1n) is 13.4. The van der Waals surface area contributed by atoms with Crippen molar-refractivity contribution in [1.82, 2.24) is 0 Å². The third-order valence-corrected chi connectivity index (χ3v) is 13.1. The number of hydrogen-bond acceptors (Lipinski definition) is 8. The quantitative estimate of drug-likeness (QED) is 0.301. The lowest BCUT2D eigenvalue weighted by Crippen LogP contribution is -2.30. The molecule has 224 valence electrons. The summed E-state index contributed by atoms with van der Waals surface area (Å²) >= 11 is 0. The Labute approximate surface area is 230 Å². The monoisotopic (exact) mass is 616 g/mol. The van der Waals surface area contributed by atoms with E-state index in [1.54, 1.807) is 0 Å². The molecule has 0 aromatic heterocycles. The van der Waals surface area contributed by atoms with Crippen molar-refractivity contribution in [2.24, 2.45) is 23.7 Å². The highest BCUT2D eigenvalue weighted by atomic mass is 31.2. The van der Waals surface area contributed by atoms with Crippen LogP contribution in [0.5, 0.6) is 0 Å². The second kappa shape index (κ2) is 11.5. The fourth-order valence-electron chi connectivity index (χ4n) is 5.97. The van der Waals surface area contributed by atoms with Crippen molar-refractivity contribution in [3.63, 3.8) is 0 Å². The Morgan fingerprint density at radius 3 is 1.39 bits per heavy atom. The fraction of sp³-hybridized carbons (Fsp3) is 0.846. The van der Waals surface area contributed by atoms with Gasteiger partial charge in [0.25, 0.3) is 0 Å². The maximum absolute atomic E-state index is 9.69. The van der Waals surface area contributed by atoms with Crippen molar-refractivity contribution < 1.29 is 38.1 Å². The molecule has 2 heterocycles. The van der Waals surface area contributed by atoms with Gasteiger partial charge in [-0.2, -0.15) is 0 Å². The largest absolute Gasteiger partial charge is 0.372 e. The standard InChI is InChI=1S/2C13H26O4P2/c1-8-12(17-18(3,4)5)9(2)16-13(8)10-7-11(10)19(6,14)15;1-8-9(2)16-13(12(8)17-18(3,4)5)10-7-11(10)19(6,14)15/h2*8-15H,3,6-7H2,1-2,4-5H3. The summed E-state index contributed by atoms with van der Waals surface area (Å²) in [6.45, 7) is 16.5. The van der Waals surface area contributed by atoms with E-state index in [2.05, 4.69) is 46.0 Å². The molecule has 8 nitrogen and oxygen atoms in total. The molecule has 4 aliphatic rings. The average molecular weight is 617 g/mol. The molecule has 0 aromatic rings. The Hall–Kier alpha value is 0.880. The van der Waals surface area contributed by atoms with Gasteiger partial charge in [-0.3, -0.25) is 0 Å². The highest BCUT2D eigenvalue weighted by Crippen LogP contribution is 2.63. The van der Waals surface area contributed by atoms with Crippen molar-refractivity contribution in [2.45, 2.75) is 88.5 Å². The van der Waals surface area contributed by atoms with Crippen LogP contribution in [0.3, 0.4) is 0 Å². The van der Waals surface area contributed by atoms with Crippen molar-refractivity contribution in [3.8, 4) is 0 Å². The smallest absolute Gasteiger partial charge is 0.115 e. The van der Waals surface area contributed by atoms with Gasteiger partial charge in [0, 0.05) is 23.2 Å². The fourth-order valence-corrected chi connectivity index (χ4v) is 10.7. The molecule has 4 rings (SSSR count). The average Bonchev–Trinajstić information content (AvgIpc) is 3.61. The highest BCUT2D eigenvalue weighted by Gasteiger charge is 2.57. The van der Waals surface area contributed by atoms with Gasteiger partial charge in [-0.15, -0.1) is 0 Å². The normalized spacial score (nSPS) is 43.5. The molecule has 2 saturated heterocycles. The number of ether oxygens (including phenoxy) is 2. The Morgan fingerprint density at radius 1 is 0.605 bits per heavy atom. The zero-order valence-electron chi connectivity index (χ0n) is 24.4. The van der Waals surface area contributed by atoms with E-state index in [0.29, 0.717) is 5.92 Å². The molecule has 0 aromatic carbocycles. The van der Waals surface area contributed by atoms with Crippen molar-refractivity contribution in [2.75, 3.05) is 26.7 Å². The predicted octanol–water partition coefficient (Wildman–Crippen LogP) is 4.14. The van der Waals surface area contributed by atoms with Gasteiger partial charge in [-0.1, -0.05) is 39.0 Å². The maximum Gasteiger partial charge on any atom is 0.115 e. The Kier molecular flexibility index (Phi) is 10.1. The number of hydrogen-bond donors (Lipinski definition) is 4. The third kappa shape index (κ3) is 8.47. The van der Waals surface area contributed by atoms with E-state index in [9.17, 15) is 19.6 Å². The Bertz CT molecular complexity index is 1040. The van der Waals surface area contributed by atoms with Crippen LogP contribution in [0.2, 0.25) is 0 Å². The lowest BCUT2D eigenvalue weighted by molar-refractivity contribution is 0.0122. The Balaban J connectivity index is 0.000000211. The topological polar surface area (TPSA) is 118 Å². The van der Waals surface area contributed by atoms with Crippen LogP contribution < -0.4 is 0 Å². The maximum atomic E-state index is 9.69. The second-order valence-corrected chi connectivity index (χ2v) is 24.3. The van der Waals surface area contributed by atoms with Crippen LogP contribution >= 0.6 is 28.9 Å². The lowest BCUT2D eigenvalue weighted by atomic mass is 9.96. The van der Waals surface area contributed by atoms with E-state index in [0.717, 1.165) is 12.8 Å². The van der Waals surface area contributed by atoms with Crippen LogP contribution in [-0.4, -0.2) is 119 Å². The lowest BCUT2D eigenvalue weighted by Gasteiger charge is -2.27. The van der Waals surface area contributed by atoms with E-state index in [1.807, 2.05) is 33.6 Å². The van der Waals surface area contributed by atoms with Gasteiger partial charge in [0.2, 0.25) is 0 Å². The summed E-state index contributed by atoms with van der Waals surface area (Å²) in [5.74, 6) is 0.961. The van der Waals surface area contributed by atoms with Crippen LogP contribution in [0.25, 0.3) is 0 Å². The first-order valence-corrected chi connectivity index (χ1v) is 22.9. The summed E-state index contributed by atoms with van der Waals surface area (Å²) in [5.41, 5.74) is -0.180. The van der Waals surface area contributed by atoms with Crippen LogP contribution in [0, 0.1) is 23.7 Å². The molecule has 2 aliphatic carbocycles. The van der Waals surface area contributed by atoms with Gasteiger partial charge in [0.05, 0.1) is 36.6 Å². The van der Waals surface area contributed by atoms with Gasteiger partial charge in [0.1, 0.15) is 14.7 Å². The minimum Gasteiger partial charge on any atom is -0.372 e. The molecular formula is C26H52O8P4. The predicted molar refractivity (Wildman–Crippen MR) is 169 cm³/mol. The highest BCUT2D eigenvalue weighted by molar-refractivity contribution is 7.68. The summed E-state index contributed by atoms with van der Waals surface area (Å²) < 4.78 is 24.3. The first-order chi connectivity index (χ1) is 17.0. The van der Waals surface area contributed by atoms with Crippen LogP contribution in [0.4, 0.5) is 0 Å². The van der Waals surface area contributed by atoms with E-state index in [1.165, 1.54) is 0 Å². The van der Waals surface area contributed by atoms with Crippen molar-refractivity contribution in [1.29, 1.82) is 0 Å². The molecule has 12 atom stereocenters. The molecule has 38 heavy (non-hydrogen) atoms. The van der Waals surface area contributed by atoms with Gasteiger partial charge >= 0.3 is 0 Å². The van der Waals surface area contributed by atoms with Gasteiger partial charge in [-0.05, 0) is 79.4 Å². The van der Waals surface area contributed by atoms with Gasteiger partial charge in [-0.25, -0.2) is 0 Å². The molecule has 0 amide bonds. The third-order valence-electron chi connectivity index (χ3n) is 8.15. The zero-order valence-corrected chi connectivity index (χ0v) is 28.0. The molecule has 12 heteroatoms. The molecule has 4 N–H and O–H groups in total. The molecule has 2 saturated carbocycles. The molecule has 12 unspecified atom stereocenters. The molecule has 2 aliphatic heterocycles. The first kappa shape index (κ1) is 33.4. The van der Waals surface area contributed by atoms with E-state index in [-0.39, 0.29) is 65.7 Å². The van der Waals surface area contributed by atoms with Crippen molar-refractivity contribution in [3.05, 3.63) is 0 Å². The minimum atomic E-state index is -2.99. The summed E-state index contributed by atoms with van der Waals surface area (Å²) in [4.78, 5) is 38.7. The molecule has 0 radical (unpaired) electrons. The Morgan fingerprint density at radius 2 is 1.00 bits per heavy atom. The summed E-state index contributed by atoms with van der Waals surface area (Å²) in [6, 6.07) is 0. The molecule has 0 spiro atoms. The van der Waals surface area contributed by atoms with Crippen LogP contribution in [0.1, 0.15) is 40.5 Å². The zero-order chi connectivity index (χ0) is 29.2. The molecular weight excluding hydrogens is 564 g/mol. The van der Waals surface area contributed by atoms with E-state index in [4.69, 9.17) is 18.5 Å². The summed E-state index contributed by atoms with van der Waals surface area (Å²) in [7, 11) is -9.12. The minimum absolute atomic E-state index is 0.0115. The van der Waals surface area contributed by atoms with Crippen LogP contribution in [-0.2, 0) is 18.5 Å². The molecule has 4 fully saturated rings. The second-order valence-electron chi connectivity index (χ2n) is 13.1. The van der Waals surface area contributed by atoms with E-state index >= 15 is 0 Å². The summed E-state index contributed by atoms with van der Waals surface area (Å²) in [5, 5.41) is 0. The van der Waals surface area contributed by atoms with E-state index < -0.39 is 28.9 Å².